The van der Waals surface area contributed by atoms with E-state index in [1.54, 1.807) is 24.3 Å². The highest BCUT2D eigenvalue weighted by Crippen LogP contribution is 2.17. The third-order valence-corrected chi connectivity index (χ3v) is 2.91. The van der Waals surface area contributed by atoms with E-state index in [0.717, 1.165) is 0 Å². The van der Waals surface area contributed by atoms with Crippen LogP contribution in [-0.4, -0.2) is 24.5 Å². The average Bonchev–Trinajstić information content (AvgIpc) is 2.36. The fraction of sp³-hybridized carbons (Fsp3) is 0.467. The maximum Gasteiger partial charge on any atom is 0.258 e. The summed E-state index contributed by atoms with van der Waals surface area (Å²) in [5.41, 5.74) is 0.644. The fourth-order valence-electron chi connectivity index (χ4n) is 1.48. The molecule has 2 amide bonds. The van der Waals surface area contributed by atoms with Crippen LogP contribution in [0.3, 0.4) is 0 Å². The molecule has 0 unspecified atom stereocenters. The van der Waals surface area contributed by atoms with Crippen LogP contribution in [0, 0.1) is 5.92 Å². The number of carbonyl (C=O) groups is 2. The molecular formula is C15H22N2O3. The molecule has 1 rings (SSSR count). The molecule has 0 aliphatic rings. The van der Waals surface area contributed by atoms with Gasteiger partial charge in [0.05, 0.1) is 0 Å². The number of amides is 2. The van der Waals surface area contributed by atoms with E-state index in [9.17, 15) is 9.59 Å². The lowest BCUT2D eigenvalue weighted by atomic mass is 10.1. The summed E-state index contributed by atoms with van der Waals surface area (Å²) in [7, 11) is 0. The van der Waals surface area contributed by atoms with Gasteiger partial charge in [-0.1, -0.05) is 19.9 Å². The van der Waals surface area contributed by atoms with E-state index in [1.165, 1.54) is 6.92 Å². The Kier molecular flexibility index (Phi) is 6.03. The maximum absolute atomic E-state index is 11.7. The molecule has 0 spiro atoms. The molecule has 0 bridgehead atoms. The largest absolute Gasteiger partial charge is 0.484 e. The van der Waals surface area contributed by atoms with Gasteiger partial charge in [-0.25, -0.2) is 0 Å². The Morgan fingerprint density at radius 2 is 1.95 bits per heavy atom. The number of carbonyl (C=O) groups excluding carboxylic acids is 2. The first-order valence-electron chi connectivity index (χ1n) is 6.68. The van der Waals surface area contributed by atoms with E-state index < -0.39 is 0 Å². The smallest absolute Gasteiger partial charge is 0.258 e. The normalized spacial score (nSPS) is 11.8. The summed E-state index contributed by atoms with van der Waals surface area (Å²) in [6, 6.07) is 7.05. The lowest BCUT2D eigenvalue weighted by molar-refractivity contribution is -0.124. The minimum atomic E-state index is -0.156. The van der Waals surface area contributed by atoms with Gasteiger partial charge in [-0.2, -0.15) is 0 Å². The van der Waals surface area contributed by atoms with E-state index >= 15 is 0 Å². The molecule has 0 heterocycles. The van der Waals surface area contributed by atoms with Crippen molar-refractivity contribution in [2.24, 2.45) is 5.92 Å². The lowest BCUT2D eigenvalue weighted by Gasteiger charge is -2.17. The molecule has 0 fully saturated rings. The van der Waals surface area contributed by atoms with Crippen LogP contribution in [-0.2, 0) is 9.59 Å². The van der Waals surface area contributed by atoms with Crippen LogP contribution < -0.4 is 15.4 Å². The number of hydrogen-bond acceptors (Lipinski definition) is 3. The first-order valence-corrected chi connectivity index (χ1v) is 6.68. The van der Waals surface area contributed by atoms with Gasteiger partial charge in [0.2, 0.25) is 5.91 Å². The molecule has 1 atom stereocenters. The third-order valence-electron chi connectivity index (χ3n) is 2.91. The van der Waals surface area contributed by atoms with E-state index in [4.69, 9.17) is 4.74 Å². The van der Waals surface area contributed by atoms with Crippen molar-refractivity contribution >= 4 is 17.5 Å². The molecule has 0 saturated heterocycles. The lowest BCUT2D eigenvalue weighted by Crippen LogP contribution is -2.38. The Labute approximate surface area is 119 Å². The van der Waals surface area contributed by atoms with Gasteiger partial charge in [-0.05, 0) is 25.0 Å². The number of anilines is 1. The number of nitrogens with one attached hydrogen (secondary N) is 2. The standard InChI is InChI=1S/C15H22N2O3/c1-10(2)11(3)16-15(19)9-20-14-7-5-6-13(8-14)17-12(4)18/h5-8,10-11H,9H2,1-4H3,(H,16,19)(H,17,18)/t11-/m0/s1. The van der Waals surface area contributed by atoms with Crippen molar-refractivity contribution in [3.8, 4) is 5.75 Å². The summed E-state index contributed by atoms with van der Waals surface area (Å²) in [6.45, 7) is 7.44. The van der Waals surface area contributed by atoms with Crippen LogP contribution >= 0.6 is 0 Å². The molecule has 110 valence electrons. The van der Waals surface area contributed by atoms with Crippen LogP contribution in [0.4, 0.5) is 5.69 Å². The number of benzene rings is 1. The highest BCUT2D eigenvalue weighted by molar-refractivity contribution is 5.88. The Morgan fingerprint density at radius 3 is 2.55 bits per heavy atom. The van der Waals surface area contributed by atoms with Crippen molar-refractivity contribution in [1.29, 1.82) is 0 Å². The van der Waals surface area contributed by atoms with Gasteiger partial charge in [0.1, 0.15) is 5.75 Å². The molecule has 2 N–H and O–H groups in total. The van der Waals surface area contributed by atoms with Crippen molar-refractivity contribution in [3.05, 3.63) is 24.3 Å². The highest BCUT2D eigenvalue weighted by Gasteiger charge is 2.11. The minimum Gasteiger partial charge on any atom is -0.484 e. The van der Waals surface area contributed by atoms with E-state index in [2.05, 4.69) is 10.6 Å². The van der Waals surface area contributed by atoms with Crippen LogP contribution in [0.2, 0.25) is 0 Å². The maximum atomic E-state index is 11.7. The summed E-state index contributed by atoms with van der Waals surface area (Å²) in [5.74, 6) is 0.618. The number of hydrogen-bond donors (Lipinski definition) is 2. The predicted molar refractivity (Wildman–Crippen MR) is 78.7 cm³/mol. The molecule has 0 saturated carbocycles. The average molecular weight is 278 g/mol. The zero-order valence-electron chi connectivity index (χ0n) is 12.4. The highest BCUT2D eigenvalue weighted by atomic mass is 16.5. The topological polar surface area (TPSA) is 67.4 Å². The van der Waals surface area contributed by atoms with Crippen molar-refractivity contribution in [2.45, 2.75) is 33.7 Å². The second-order valence-corrected chi connectivity index (χ2v) is 5.10. The fourth-order valence-corrected chi connectivity index (χ4v) is 1.48. The van der Waals surface area contributed by atoms with Gasteiger partial charge in [0.25, 0.3) is 5.91 Å². The Hall–Kier alpha value is -2.04. The second kappa shape index (κ2) is 7.53. The van der Waals surface area contributed by atoms with Crippen LogP contribution in [0.15, 0.2) is 24.3 Å². The van der Waals surface area contributed by atoms with Crippen molar-refractivity contribution < 1.29 is 14.3 Å². The van der Waals surface area contributed by atoms with Crippen LogP contribution in [0.5, 0.6) is 5.75 Å². The zero-order chi connectivity index (χ0) is 15.1. The first-order chi connectivity index (χ1) is 9.38. The Balaban J connectivity index is 2.49. The number of ether oxygens (including phenoxy) is 1. The summed E-state index contributed by atoms with van der Waals surface area (Å²) in [6.07, 6.45) is 0. The van der Waals surface area contributed by atoms with E-state index in [1.807, 2.05) is 20.8 Å². The zero-order valence-corrected chi connectivity index (χ0v) is 12.4. The molecular weight excluding hydrogens is 256 g/mol. The van der Waals surface area contributed by atoms with Gasteiger partial charge in [-0.15, -0.1) is 0 Å². The van der Waals surface area contributed by atoms with Crippen molar-refractivity contribution in [3.63, 3.8) is 0 Å². The van der Waals surface area contributed by atoms with E-state index in [-0.39, 0.29) is 24.5 Å². The van der Waals surface area contributed by atoms with Crippen LogP contribution in [0.1, 0.15) is 27.7 Å². The van der Waals surface area contributed by atoms with Gasteiger partial charge in [-0.3, -0.25) is 9.59 Å². The summed E-state index contributed by atoms with van der Waals surface area (Å²) in [4.78, 5) is 22.6. The summed E-state index contributed by atoms with van der Waals surface area (Å²) >= 11 is 0. The molecule has 0 aromatic heterocycles. The van der Waals surface area contributed by atoms with Gasteiger partial charge < -0.3 is 15.4 Å². The predicted octanol–water partition coefficient (Wildman–Crippen LogP) is 2.18. The Bertz CT molecular complexity index is 472. The van der Waals surface area contributed by atoms with Gasteiger partial charge >= 0.3 is 0 Å². The van der Waals surface area contributed by atoms with E-state index in [0.29, 0.717) is 17.4 Å². The SMILES string of the molecule is CC(=O)Nc1cccc(OCC(=O)N[C@@H](C)C(C)C)c1. The van der Waals surface area contributed by atoms with Gasteiger partial charge in [0.15, 0.2) is 6.61 Å². The van der Waals surface area contributed by atoms with Crippen molar-refractivity contribution in [2.75, 3.05) is 11.9 Å². The summed E-state index contributed by atoms with van der Waals surface area (Å²) < 4.78 is 5.41. The molecule has 0 radical (unpaired) electrons. The molecule has 1 aromatic carbocycles. The molecule has 20 heavy (non-hydrogen) atoms. The molecule has 1 aromatic rings. The van der Waals surface area contributed by atoms with Crippen LogP contribution in [0.25, 0.3) is 0 Å². The third kappa shape index (κ3) is 5.73. The summed E-state index contributed by atoms with van der Waals surface area (Å²) in [5, 5.41) is 5.52. The Morgan fingerprint density at radius 1 is 1.25 bits per heavy atom. The molecule has 0 aliphatic carbocycles. The second-order valence-electron chi connectivity index (χ2n) is 5.10. The molecule has 0 aliphatic heterocycles. The van der Waals surface area contributed by atoms with Gasteiger partial charge in [0, 0.05) is 24.7 Å². The van der Waals surface area contributed by atoms with Crippen molar-refractivity contribution in [1.82, 2.24) is 5.32 Å². The quantitative estimate of drug-likeness (QED) is 0.838. The first kappa shape index (κ1) is 16.0. The minimum absolute atomic E-state index is 0.0411. The molecule has 5 nitrogen and oxygen atoms in total. The molecule has 5 heteroatoms. The monoisotopic (exact) mass is 278 g/mol. The number of rotatable bonds is 6.